The van der Waals surface area contributed by atoms with E-state index in [2.05, 4.69) is 10.3 Å². The first-order valence-corrected chi connectivity index (χ1v) is 6.35. The SMILES string of the molecule is CCC(CC)(CC(=O)NCc1ncc(C)o1)C(=O)O. The highest BCUT2D eigenvalue weighted by Gasteiger charge is 2.37. The van der Waals surface area contributed by atoms with E-state index in [1.807, 2.05) is 0 Å². The van der Waals surface area contributed by atoms with E-state index in [1.54, 1.807) is 27.0 Å². The summed E-state index contributed by atoms with van der Waals surface area (Å²) in [6.07, 6.45) is 2.38. The van der Waals surface area contributed by atoms with Crippen LogP contribution in [0, 0.1) is 12.3 Å². The Balaban J connectivity index is 2.56. The summed E-state index contributed by atoms with van der Waals surface area (Å²) in [6, 6.07) is 0. The molecule has 0 aliphatic heterocycles. The summed E-state index contributed by atoms with van der Waals surface area (Å²) < 4.78 is 5.22. The number of aromatic nitrogens is 1. The van der Waals surface area contributed by atoms with Gasteiger partial charge in [-0.2, -0.15) is 0 Å². The molecule has 0 fully saturated rings. The number of hydrogen-bond acceptors (Lipinski definition) is 4. The number of carboxylic acids is 1. The van der Waals surface area contributed by atoms with Crippen LogP contribution in [0.1, 0.15) is 44.8 Å². The molecule has 0 aromatic carbocycles. The van der Waals surface area contributed by atoms with Crippen LogP contribution in [0.4, 0.5) is 0 Å². The number of carboxylic acid groups (broad SMARTS) is 1. The fourth-order valence-electron chi connectivity index (χ4n) is 1.91. The van der Waals surface area contributed by atoms with E-state index in [1.165, 1.54) is 0 Å². The molecule has 1 aromatic heterocycles. The summed E-state index contributed by atoms with van der Waals surface area (Å²) >= 11 is 0. The molecular weight excluding hydrogens is 248 g/mol. The van der Waals surface area contributed by atoms with Gasteiger partial charge in [0.1, 0.15) is 5.76 Å². The fraction of sp³-hybridized carbons (Fsp3) is 0.615. The van der Waals surface area contributed by atoms with Gasteiger partial charge in [0.25, 0.3) is 0 Å². The van der Waals surface area contributed by atoms with Crippen molar-refractivity contribution in [3.8, 4) is 0 Å². The third kappa shape index (κ3) is 3.81. The Morgan fingerprint density at radius 2 is 2.05 bits per heavy atom. The van der Waals surface area contributed by atoms with Crippen molar-refractivity contribution in [2.75, 3.05) is 0 Å². The zero-order chi connectivity index (χ0) is 14.5. The van der Waals surface area contributed by atoms with E-state index in [-0.39, 0.29) is 18.9 Å². The number of carbonyl (C=O) groups is 2. The molecule has 0 aliphatic rings. The lowest BCUT2D eigenvalue weighted by Crippen LogP contribution is -2.36. The number of oxazole rings is 1. The molecule has 1 aromatic rings. The maximum absolute atomic E-state index is 11.8. The average Bonchev–Trinajstić information content (AvgIpc) is 2.79. The van der Waals surface area contributed by atoms with Gasteiger partial charge in [-0.15, -0.1) is 0 Å². The van der Waals surface area contributed by atoms with Gasteiger partial charge < -0.3 is 14.8 Å². The largest absolute Gasteiger partial charge is 0.481 e. The first-order valence-electron chi connectivity index (χ1n) is 6.35. The number of nitrogens with zero attached hydrogens (tertiary/aromatic N) is 1. The van der Waals surface area contributed by atoms with E-state index in [9.17, 15) is 14.7 Å². The molecule has 0 spiro atoms. The molecule has 1 amide bonds. The van der Waals surface area contributed by atoms with Gasteiger partial charge in [0.05, 0.1) is 18.2 Å². The zero-order valence-corrected chi connectivity index (χ0v) is 11.5. The van der Waals surface area contributed by atoms with Crippen LogP contribution in [-0.2, 0) is 16.1 Å². The number of hydrogen-bond donors (Lipinski definition) is 2. The molecule has 1 rings (SSSR count). The van der Waals surface area contributed by atoms with Crippen molar-refractivity contribution in [2.24, 2.45) is 5.41 Å². The average molecular weight is 268 g/mol. The molecule has 106 valence electrons. The first-order chi connectivity index (χ1) is 8.93. The van der Waals surface area contributed by atoms with Gasteiger partial charge in [-0.05, 0) is 19.8 Å². The van der Waals surface area contributed by atoms with Crippen molar-refractivity contribution < 1.29 is 19.1 Å². The minimum absolute atomic E-state index is 0.0327. The third-order valence-corrected chi connectivity index (χ3v) is 3.41. The van der Waals surface area contributed by atoms with Gasteiger partial charge >= 0.3 is 5.97 Å². The van der Waals surface area contributed by atoms with Gasteiger partial charge in [0, 0.05) is 6.42 Å². The quantitative estimate of drug-likeness (QED) is 0.787. The predicted molar refractivity (Wildman–Crippen MR) is 68.4 cm³/mol. The molecule has 6 heteroatoms. The van der Waals surface area contributed by atoms with Crippen LogP contribution < -0.4 is 5.32 Å². The van der Waals surface area contributed by atoms with Gasteiger partial charge in [0.15, 0.2) is 0 Å². The normalized spacial score (nSPS) is 11.3. The number of aryl methyl sites for hydroxylation is 1. The summed E-state index contributed by atoms with van der Waals surface area (Å²) in [5, 5.41) is 11.9. The monoisotopic (exact) mass is 268 g/mol. The molecule has 1 heterocycles. The molecule has 6 nitrogen and oxygen atoms in total. The molecule has 0 bridgehead atoms. The molecule has 0 aliphatic carbocycles. The van der Waals surface area contributed by atoms with Crippen molar-refractivity contribution in [1.82, 2.24) is 10.3 Å². The number of rotatable bonds is 7. The highest BCUT2D eigenvalue weighted by molar-refractivity contribution is 5.84. The van der Waals surface area contributed by atoms with Gasteiger partial charge in [-0.25, -0.2) is 4.98 Å². The van der Waals surface area contributed by atoms with Crippen LogP contribution in [-0.4, -0.2) is 22.0 Å². The fourth-order valence-corrected chi connectivity index (χ4v) is 1.91. The number of nitrogens with one attached hydrogen (secondary N) is 1. The molecule has 2 N–H and O–H groups in total. The van der Waals surface area contributed by atoms with Crippen molar-refractivity contribution in [3.63, 3.8) is 0 Å². The Labute approximate surface area is 112 Å². The Bertz CT molecular complexity index is 449. The number of aliphatic carboxylic acids is 1. The van der Waals surface area contributed by atoms with Gasteiger partial charge in [-0.3, -0.25) is 9.59 Å². The molecule has 0 unspecified atom stereocenters. The number of carbonyl (C=O) groups excluding carboxylic acids is 1. The maximum atomic E-state index is 11.8. The number of amides is 1. The lowest BCUT2D eigenvalue weighted by Gasteiger charge is -2.25. The lowest BCUT2D eigenvalue weighted by molar-refractivity contribution is -0.152. The van der Waals surface area contributed by atoms with Crippen LogP contribution in [0.5, 0.6) is 0 Å². The Hall–Kier alpha value is -1.85. The topological polar surface area (TPSA) is 92.4 Å². The van der Waals surface area contributed by atoms with Crippen molar-refractivity contribution in [3.05, 3.63) is 17.8 Å². The van der Waals surface area contributed by atoms with Crippen LogP contribution >= 0.6 is 0 Å². The van der Waals surface area contributed by atoms with E-state index < -0.39 is 11.4 Å². The summed E-state index contributed by atoms with van der Waals surface area (Å²) in [4.78, 5) is 27.1. The molecule has 0 atom stereocenters. The standard InChI is InChI=1S/C13H20N2O4/c1-4-13(5-2,12(17)18)6-10(16)14-8-11-15-7-9(3)19-11/h7H,4-6,8H2,1-3H3,(H,14,16)(H,17,18). The molecular formula is C13H20N2O4. The molecule has 0 saturated heterocycles. The Morgan fingerprint density at radius 1 is 1.42 bits per heavy atom. The summed E-state index contributed by atoms with van der Waals surface area (Å²) in [5.41, 5.74) is -0.989. The van der Waals surface area contributed by atoms with E-state index in [4.69, 9.17) is 4.42 Å². The second-order valence-corrected chi connectivity index (χ2v) is 4.61. The third-order valence-electron chi connectivity index (χ3n) is 3.41. The molecule has 0 saturated carbocycles. The van der Waals surface area contributed by atoms with E-state index >= 15 is 0 Å². The Kier molecular flexibility index (Phi) is 5.09. The Morgan fingerprint density at radius 3 is 2.47 bits per heavy atom. The van der Waals surface area contributed by atoms with Crippen molar-refractivity contribution >= 4 is 11.9 Å². The highest BCUT2D eigenvalue weighted by atomic mass is 16.4. The minimum Gasteiger partial charge on any atom is -0.481 e. The second kappa shape index (κ2) is 6.36. The predicted octanol–water partition coefficient (Wildman–Crippen LogP) is 1.88. The van der Waals surface area contributed by atoms with Crippen molar-refractivity contribution in [2.45, 2.75) is 46.6 Å². The van der Waals surface area contributed by atoms with Gasteiger partial charge in [0.2, 0.25) is 11.8 Å². The highest BCUT2D eigenvalue weighted by Crippen LogP contribution is 2.30. The van der Waals surface area contributed by atoms with Crippen LogP contribution in [0.2, 0.25) is 0 Å². The van der Waals surface area contributed by atoms with Gasteiger partial charge in [-0.1, -0.05) is 13.8 Å². The van der Waals surface area contributed by atoms with Crippen molar-refractivity contribution in [1.29, 1.82) is 0 Å². The maximum Gasteiger partial charge on any atom is 0.310 e. The minimum atomic E-state index is -0.989. The van der Waals surface area contributed by atoms with Crippen LogP contribution in [0.3, 0.4) is 0 Å². The summed E-state index contributed by atoms with van der Waals surface area (Å²) in [7, 11) is 0. The lowest BCUT2D eigenvalue weighted by atomic mass is 9.79. The molecule has 19 heavy (non-hydrogen) atoms. The smallest absolute Gasteiger partial charge is 0.310 e. The first kappa shape index (κ1) is 15.2. The molecule has 0 radical (unpaired) electrons. The zero-order valence-electron chi connectivity index (χ0n) is 11.5. The van der Waals surface area contributed by atoms with E-state index in [0.717, 1.165) is 0 Å². The van der Waals surface area contributed by atoms with E-state index in [0.29, 0.717) is 24.5 Å². The second-order valence-electron chi connectivity index (χ2n) is 4.61. The summed E-state index contributed by atoms with van der Waals surface area (Å²) in [5.74, 6) is -0.146. The van der Waals surface area contributed by atoms with Crippen LogP contribution in [0.25, 0.3) is 0 Å². The van der Waals surface area contributed by atoms with Crippen LogP contribution in [0.15, 0.2) is 10.6 Å². The summed E-state index contributed by atoms with van der Waals surface area (Å²) in [6.45, 7) is 5.50.